The van der Waals surface area contributed by atoms with Crippen LogP contribution in [0.5, 0.6) is 0 Å². The predicted molar refractivity (Wildman–Crippen MR) is 106 cm³/mol. The molecular formula is C20H30N4O3. The Balaban J connectivity index is 1.51. The van der Waals surface area contributed by atoms with Crippen LogP contribution in [-0.4, -0.2) is 62.1 Å². The Hall–Kier alpha value is -2.12. The molecule has 0 spiro atoms. The van der Waals surface area contributed by atoms with Crippen molar-refractivity contribution in [3.63, 3.8) is 0 Å². The van der Waals surface area contributed by atoms with Crippen molar-refractivity contribution in [3.05, 3.63) is 23.8 Å². The van der Waals surface area contributed by atoms with Crippen molar-refractivity contribution in [2.75, 3.05) is 50.0 Å². The van der Waals surface area contributed by atoms with Crippen LogP contribution < -0.4 is 16.0 Å². The standard InChI is InChI=1S/C20H30N4O3/c1-3-14(2)18-20(26)23-17-13-15(5-6-16(17)22-18)19(25)21-7-4-8-24-9-11-27-12-10-24/h5-6,13-14,18,22H,3-4,7-12H2,1-2H3,(H,21,25)(H,23,26)/t14-,18-/m0/s1. The zero-order chi connectivity index (χ0) is 19.2. The summed E-state index contributed by atoms with van der Waals surface area (Å²) < 4.78 is 5.33. The van der Waals surface area contributed by atoms with E-state index in [1.807, 2.05) is 6.07 Å². The lowest BCUT2D eigenvalue weighted by Crippen LogP contribution is -2.43. The predicted octanol–water partition coefficient (Wildman–Crippen LogP) is 1.92. The van der Waals surface area contributed by atoms with Crippen molar-refractivity contribution in [3.8, 4) is 0 Å². The second kappa shape index (κ2) is 9.19. The first-order valence-electron chi connectivity index (χ1n) is 9.88. The lowest BCUT2D eigenvalue weighted by molar-refractivity contribution is -0.118. The number of amides is 2. The number of carbonyl (C=O) groups is 2. The highest BCUT2D eigenvalue weighted by Gasteiger charge is 2.29. The Morgan fingerprint density at radius 1 is 1.33 bits per heavy atom. The summed E-state index contributed by atoms with van der Waals surface area (Å²) in [5.41, 5.74) is 2.09. The first kappa shape index (κ1) is 19.6. The summed E-state index contributed by atoms with van der Waals surface area (Å²) in [6.45, 7) is 9.23. The molecule has 2 amide bonds. The molecule has 0 unspecified atom stereocenters. The van der Waals surface area contributed by atoms with Crippen molar-refractivity contribution in [2.24, 2.45) is 5.92 Å². The van der Waals surface area contributed by atoms with E-state index in [4.69, 9.17) is 4.74 Å². The molecule has 1 saturated heterocycles. The molecule has 1 fully saturated rings. The molecule has 2 atom stereocenters. The van der Waals surface area contributed by atoms with Gasteiger partial charge in [-0.15, -0.1) is 0 Å². The molecule has 0 radical (unpaired) electrons. The third kappa shape index (κ3) is 4.99. The van der Waals surface area contributed by atoms with Crippen LogP contribution in [0.1, 0.15) is 37.0 Å². The summed E-state index contributed by atoms with van der Waals surface area (Å²) in [5.74, 6) is 0.0885. The first-order chi connectivity index (χ1) is 13.1. The van der Waals surface area contributed by atoms with Gasteiger partial charge >= 0.3 is 0 Å². The highest BCUT2D eigenvalue weighted by molar-refractivity contribution is 6.05. The quantitative estimate of drug-likeness (QED) is 0.635. The number of anilines is 2. The number of fused-ring (bicyclic) bond motifs is 1. The number of carbonyl (C=O) groups excluding carboxylic acids is 2. The Labute approximate surface area is 160 Å². The number of nitrogens with one attached hydrogen (secondary N) is 3. The van der Waals surface area contributed by atoms with E-state index in [-0.39, 0.29) is 23.8 Å². The minimum Gasteiger partial charge on any atom is -0.379 e. The maximum atomic E-state index is 12.4. The molecule has 2 heterocycles. The van der Waals surface area contributed by atoms with Crippen LogP contribution >= 0.6 is 0 Å². The Bertz CT molecular complexity index is 673. The normalized spacial score (nSPS) is 21.0. The number of nitrogens with zero attached hydrogens (tertiary/aromatic N) is 1. The van der Waals surface area contributed by atoms with Gasteiger partial charge in [-0.3, -0.25) is 14.5 Å². The van der Waals surface area contributed by atoms with Gasteiger partial charge in [0.2, 0.25) is 5.91 Å². The third-order valence-corrected chi connectivity index (χ3v) is 5.39. The highest BCUT2D eigenvalue weighted by atomic mass is 16.5. The molecule has 2 aliphatic heterocycles. The maximum Gasteiger partial charge on any atom is 0.251 e. The average molecular weight is 374 g/mol. The van der Waals surface area contributed by atoms with Crippen molar-refractivity contribution < 1.29 is 14.3 Å². The molecule has 0 saturated carbocycles. The molecule has 7 heteroatoms. The summed E-state index contributed by atoms with van der Waals surface area (Å²) in [4.78, 5) is 27.1. The SMILES string of the molecule is CC[C@H](C)[C@@H]1Nc2ccc(C(=O)NCCCN3CCOCC3)cc2NC1=O. The van der Waals surface area contributed by atoms with Crippen LogP contribution in [0.4, 0.5) is 11.4 Å². The minimum absolute atomic E-state index is 0.0417. The molecule has 7 nitrogen and oxygen atoms in total. The molecule has 27 heavy (non-hydrogen) atoms. The van der Waals surface area contributed by atoms with Gasteiger partial charge in [0, 0.05) is 25.2 Å². The van der Waals surface area contributed by atoms with Crippen LogP contribution in [-0.2, 0) is 9.53 Å². The lowest BCUT2D eigenvalue weighted by atomic mass is 9.95. The number of ether oxygens (including phenoxy) is 1. The molecule has 1 aromatic carbocycles. The van der Waals surface area contributed by atoms with Gasteiger partial charge in [-0.05, 0) is 37.1 Å². The maximum absolute atomic E-state index is 12.4. The molecule has 2 aliphatic rings. The Morgan fingerprint density at radius 2 is 2.11 bits per heavy atom. The fourth-order valence-electron chi connectivity index (χ4n) is 3.43. The highest BCUT2D eigenvalue weighted by Crippen LogP contribution is 2.30. The van der Waals surface area contributed by atoms with Crippen LogP contribution in [0.15, 0.2) is 18.2 Å². The van der Waals surface area contributed by atoms with Crippen molar-refractivity contribution in [1.29, 1.82) is 0 Å². The van der Waals surface area contributed by atoms with E-state index in [1.165, 1.54) is 0 Å². The van der Waals surface area contributed by atoms with E-state index < -0.39 is 0 Å². The number of benzene rings is 1. The number of morpholine rings is 1. The third-order valence-electron chi connectivity index (χ3n) is 5.39. The van der Waals surface area contributed by atoms with Gasteiger partial charge in [-0.1, -0.05) is 20.3 Å². The monoisotopic (exact) mass is 374 g/mol. The zero-order valence-corrected chi connectivity index (χ0v) is 16.2. The van der Waals surface area contributed by atoms with Gasteiger partial charge in [0.25, 0.3) is 5.91 Å². The number of hydrogen-bond acceptors (Lipinski definition) is 5. The fraction of sp³-hybridized carbons (Fsp3) is 0.600. The minimum atomic E-state index is -0.234. The summed E-state index contributed by atoms with van der Waals surface area (Å²) >= 11 is 0. The second-order valence-electron chi connectivity index (χ2n) is 7.32. The van der Waals surface area contributed by atoms with Crippen LogP contribution in [0, 0.1) is 5.92 Å². The van der Waals surface area contributed by atoms with E-state index in [0.29, 0.717) is 17.8 Å². The summed E-state index contributed by atoms with van der Waals surface area (Å²) in [6, 6.07) is 5.17. The molecule has 0 aromatic heterocycles. The van der Waals surface area contributed by atoms with Gasteiger partial charge in [-0.2, -0.15) is 0 Å². The van der Waals surface area contributed by atoms with Crippen molar-refractivity contribution in [1.82, 2.24) is 10.2 Å². The van der Waals surface area contributed by atoms with E-state index in [1.54, 1.807) is 12.1 Å². The van der Waals surface area contributed by atoms with Gasteiger partial charge in [-0.25, -0.2) is 0 Å². The number of hydrogen-bond donors (Lipinski definition) is 3. The van der Waals surface area contributed by atoms with E-state index in [0.717, 1.165) is 51.4 Å². The summed E-state index contributed by atoms with van der Waals surface area (Å²) in [7, 11) is 0. The molecule has 3 N–H and O–H groups in total. The summed E-state index contributed by atoms with van der Waals surface area (Å²) in [6.07, 6.45) is 1.83. The molecule has 0 bridgehead atoms. The van der Waals surface area contributed by atoms with Crippen LogP contribution in [0.2, 0.25) is 0 Å². The van der Waals surface area contributed by atoms with Gasteiger partial charge in [0.15, 0.2) is 0 Å². The fourth-order valence-corrected chi connectivity index (χ4v) is 3.43. The summed E-state index contributed by atoms with van der Waals surface area (Å²) in [5, 5.41) is 9.19. The Morgan fingerprint density at radius 3 is 2.85 bits per heavy atom. The van der Waals surface area contributed by atoms with Crippen molar-refractivity contribution in [2.45, 2.75) is 32.7 Å². The van der Waals surface area contributed by atoms with Gasteiger partial charge in [0.1, 0.15) is 6.04 Å². The Kier molecular flexibility index (Phi) is 6.68. The molecule has 0 aliphatic carbocycles. The molecular weight excluding hydrogens is 344 g/mol. The topological polar surface area (TPSA) is 82.7 Å². The second-order valence-corrected chi connectivity index (χ2v) is 7.32. The molecule has 148 valence electrons. The van der Waals surface area contributed by atoms with E-state index >= 15 is 0 Å². The van der Waals surface area contributed by atoms with Crippen molar-refractivity contribution >= 4 is 23.2 Å². The first-order valence-corrected chi connectivity index (χ1v) is 9.88. The molecule has 3 rings (SSSR count). The largest absolute Gasteiger partial charge is 0.379 e. The van der Waals surface area contributed by atoms with Gasteiger partial charge in [0.05, 0.1) is 24.6 Å². The van der Waals surface area contributed by atoms with E-state index in [9.17, 15) is 9.59 Å². The van der Waals surface area contributed by atoms with Gasteiger partial charge < -0.3 is 20.7 Å². The number of rotatable bonds is 7. The smallest absolute Gasteiger partial charge is 0.251 e. The van der Waals surface area contributed by atoms with Crippen LogP contribution in [0.3, 0.4) is 0 Å². The lowest BCUT2D eigenvalue weighted by Gasteiger charge is -2.30. The average Bonchev–Trinajstić information content (AvgIpc) is 2.70. The van der Waals surface area contributed by atoms with E-state index in [2.05, 4.69) is 34.7 Å². The molecule has 1 aromatic rings. The zero-order valence-electron chi connectivity index (χ0n) is 16.2. The van der Waals surface area contributed by atoms with Crippen LogP contribution in [0.25, 0.3) is 0 Å².